The number of likely N-dealkylation sites (tertiary alicyclic amines) is 2. The van der Waals surface area contributed by atoms with Crippen LogP contribution in [0.25, 0.3) is 0 Å². The fraction of sp³-hybridized carbons (Fsp3) is 0.950. The molecule has 0 spiro atoms. The van der Waals surface area contributed by atoms with Gasteiger partial charge in [-0.2, -0.15) is 0 Å². The summed E-state index contributed by atoms with van der Waals surface area (Å²) in [5.74, 6) is 2.10. The van der Waals surface area contributed by atoms with Crippen molar-refractivity contribution in [3.8, 4) is 0 Å². The number of hydrogen-bond acceptors (Lipinski definition) is 2. The molecule has 3 nitrogen and oxygen atoms in total. The van der Waals surface area contributed by atoms with Crippen molar-refractivity contribution in [3.05, 3.63) is 0 Å². The molecule has 1 amide bonds. The van der Waals surface area contributed by atoms with Gasteiger partial charge < -0.3 is 4.90 Å². The van der Waals surface area contributed by atoms with E-state index in [1.807, 2.05) is 20.8 Å². The Balaban J connectivity index is 1.52. The molecule has 2 heterocycles. The van der Waals surface area contributed by atoms with E-state index < -0.39 is 0 Å². The molecular formula is C20H36N2O. The molecule has 0 N–H and O–H groups in total. The van der Waals surface area contributed by atoms with Gasteiger partial charge in [0.1, 0.15) is 0 Å². The monoisotopic (exact) mass is 320 g/mol. The van der Waals surface area contributed by atoms with Gasteiger partial charge in [0, 0.05) is 37.1 Å². The average Bonchev–Trinajstić information content (AvgIpc) is 2.82. The van der Waals surface area contributed by atoms with Crippen LogP contribution in [0.2, 0.25) is 0 Å². The van der Waals surface area contributed by atoms with Crippen LogP contribution in [0.4, 0.5) is 0 Å². The molecule has 2 aliphatic heterocycles. The van der Waals surface area contributed by atoms with E-state index in [1.54, 1.807) is 0 Å². The molecule has 1 aliphatic carbocycles. The number of carbonyl (C=O) groups is 1. The highest BCUT2D eigenvalue weighted by atomic mass is 16.2. The van der Waals surface area contributed by atoms with Crippen molar-refractivity contribution in [2.75, 3.05) is 19.6 Å². The van der Waals surface area contributed by atoms with E-state index in [1.165, 1.54) is 51.5 Å². The van der Waals surface area contributed by atoms with Crippen LogP contribution < -0.4 is 0 Å². The van der Waals surface area contributed by atoms with E-state index in [-0.39, 0.29) is 5.41 Å². The van der Waals surface area contributed by atoms with Gasteiger partial charge in [-0.25, -0.2) is 0 Å². The van der Waals surface area contributed by atoms with E-state index in [0.29, 0.717) is 5.91 Å². The highest BCUT2D eigenvalue weighted by Crippen LogP contribution is 2.40. The van der Waals surface area contributed by atoms with Gasteiger partial charge in [-0.05, 0) is 50.9 Å². The Morgan fingerprint density at radius 3 is 2.35 bits per heavy atom. The van der Waals surface area contributed by atoms with Crippen molar-refractivity contribution < 1.29 is 4.79 Å². The standard InChI is InChI=1S/C20H36N2O/c1-15-13-17-7-5-6-8-18(17)22(15)14-16-9-11-21(12-10-16)19(23)20(2,3)4/h15-18H,5-14H2,1-4H3/t15-,17+,18-/m1/s1. The molecule has 1 saturated carbocycles. The molecule has 0 aromatic carbocycles. The van der Waals surface area contributed by atoms with Crippen molar-refractivity contribution >= 4 is 5.91 Å². The molecule has 23 heavy (non-hydrogen) atoms. The van der Waals surface area contributed by atoms with Crippen LogP contribution in [-0.4, -0.2) is 47.4 Å². The maximum Gasteiger partial charge on any atom is 0.227 e. The smallest absolute Gasteiger partial charge is 0.227 e. The predicted octanol–water partition coefficient (Wildman–Crippen LogP) is 3.92. The van der Waals surface area contributed by atoms with Gasteiger partial charge in [0.2, 0.25) is 5.91 Å². The van der Waals surface area contributed by atoms with Gasteiger partial charge in [-0.15, -0.1) is 0 Å². The molecule has 3 rings (SSSR count). The molecule has 132 valence electrons. The molecule has 3 fully saturated rings. The van der Waals surface area contributed by atoms with Crippen molar-refractivity contribution in [3.63, 3.8) is 0 Å². The van der Waals surface area contributed by atoms with Gasteiger partial charge >= 0.3 is 0 Å². The minimum atomic E-state index is -0.231. The van der Waals surface area contributed by atoms with E-state index >= 15 is 0 Å². The lowest BCUT2D eigenvalue weighted by molar-refractivity contribution is -0.141. The molecular weight excluding hydrogens is 284 g/mol. The third kappa shape index (κ3) is 3.75. The molecule has 2 saturated heterocycles. The number of carbonyl (C=O) groups excluding carboxylic acids is 1. The van der Waals surface area contributed by atoms with Crippen LogP contribution >= 0.6 is 0 Å². The summed E-state index contributed by atoms with van der Waals surface area (Å²) >= 11 is 0. The van der Waals surface area contributed by atoms with E-state index in [9.17, 15) is 4.79 Å². The summed E-state index contributed by atoms with van der Waals surface area (Å²) in [6.45, 7) is 11.8. The summed E-state index contributed by atoms with van der Waals surface area (Å²) in [7, 11) is 0. The van der Waals surface area contributed by atoms with E-state index in [0.717, 1.165) is 37.0 Å². The Kier molecular flexibility index (Phi) is 5.06. The molecule has 0 aromatic rings. The summed E-state index contributed by atoms with van der Waals surface area (Å²) in [6.07, 6.45) is 9.59. The zero-order chi connectivity index (χ0) is 16.6. The van der Waals surface area contributed by atoms with Crippen LogP contribution in [0.3, 0.4) is 0 Å². The number of rotatable bonds is 2. The number of fused-ring (bicyclic) bond motifs is 1. The van der Waals surface area contributed by atoms with Gasteiger partial charge in [0.15, 0.2) is 0 Å². The highest BCUT2D eigenvalue weighted by molar-refractivity contribution is 5.81. The second kappa shape index (κ2) is 6.74. The maximum atomic E-state index is 12.4. The molecule has 3 heteroatoms. The van der Waals surface area contributed by atoms with Crippen molar-refractivity contribution in [1.29, 1.82) is 0 Å². The molecule has 0 aromatic heterocycles. The molecule has 3 aliphatic rings. The molecule has 0 radical (unpaired) electrons. The van der Waals surface area contributed by atoms with Crippen molar-refractivity contribution in [2.24, 2.45) is 17.3 Å². The summed E-state index contributed by atoms with van der Waals surface area (Å²) in [6, 6.07) is 1.64. The zero-order valence-corrected chi connectivity index (χ0v) is 15.7. The van der Waals surface area contributed by atoms with Gasteiger partial charge in [-0.1, -0.05) is 33.6 Å². The zero-order valence-electron chi connectivity index (χ0n) is 15.7. The second-order valence-electron chi connectivity index (χ2n) is 9.38. The molecule has 3 atom stereocenters. The summed E-state index contributed by atoms with van der Waals surface area (Å²) < 4.78 is 0. The summed E-state index contributed by atoms with van der Waals surface area (Å²) in [5.41, 5.74) is -0.231. The summed E-state index contributed by atoms with van der Waals surface area (Å²) in [4.78, 5) is 17.4. The third-order valence-electron chi connectivity index (χ3n) is 6.52. The van der Waals surface area contributed by atoms with E-state index in [2.05, 4.69) is 16.7 Å². The normalized spacial score (nSPS) is 33.7. The van der Waals surface area contributed by atoms with Crippen molar-refractivity contribution in [2.45, 2.75) is 84.7 Å². The van der Waals surface area contributed by atoms with Crippen LogP contribution in [0.15, 0.2) is 0 Å². The van der Waals surface area contributed by atoms with Crippen LogP contribution in [0, 0.1) is 17.3 Å². The SMILES string of the molecule is C[C@@H]1C[C@@H]2CCCC[C@H]2N1CC1CCN(C(=O)C(C)(C)C)CC1. The lowest BCUT2D eigenvalue weighted by atomic mass is 9.84. The lowest BCUT2D eigenvalue weighted by Gasteiger charge is -2.40. The second-order valence-corrected chi connectivity index (χ2v) is 9.38. The first-order chi connectivity index (χ1) is 10.9. The Labute approximate surface area is 142 Å². The Morgan fingerprint density at radius 2 is 1.70 bits per heavy atom. The minimum Gasteiger partial charge on any atom is -0.342 e. The predicted molar refractivity (Wildman–Crippen MR) is 95.3 cm³/mol. The average molecular weight is 321 g/mol. The maximum absolute atomic E-state index is 12.4. The van der Waals surface area contributed by atoms with Gasteiger partial charge in [0.25, 0.3) is 0 Å². The van der Waals surface area contributed by atoms with Crippen LogP contribution in [0.5, 0.6) is 0 Å². The highest BCUT2D eigenvalue weighted by Gasteiger charge is 2.41. The Morgan fingerprint density at radius 1 is 1.04 bits per heavy atom. The first-order valence-corrected chi connectivity index (χ1v) is 9.91. The largest absolute Gasteiger partial charge is 0.342 e. The van der Waals surface area contributed by atoms with Crippen molar-refractivity contribution in [1.82, 2.24) is 9.80 Å². The van der Waals surface area contributed by atoms with E-state index in [4.69, 9.17) is 0 Å². The Hall–Kier alpha value is -0.570. The number of piperidine rings is 1. The first-order valence-electron chi connectivity index (χ1n) is 9.91. The van der Waals surface area contributed by atoms with Crippen LogP contribution in [-0.2, 0) is 4.79 Å². The quantitative estimate of drug-likeness (QED) is 0.770. The minimum absolute atomic E-state index is 0.231. The Bertz CT molecular complexity index is 420. The third-order valence-corrected chi connectivity index (χ3v) is 6.52. The van der Waals surface area contributed by atoms with Crippen LogP contribution in [0.1, 0.15) is 72.6 Å². The first kappa shape index (κ1) is 17.3. The number of amides is 1. The number of nitrogens with zero attached hydrogens (tertiary/aromatic N) is 2. The fourth-order valence-electron chi connectivity index (χ4n) is 5.21. The lowest BCUT2D eigenvalue weighted by Crippen LogP contribution is -2.47. The topological polar surface area (TPSA) is 23.6 Å². The number of hydrogen-bond donors (Lipinski definition) is 0. The van der Waals surface area contributed by atoms with Gasteiger partial charge in [-0.3, -0.25) is 9.69 Å². The fourth-order valence-corrected chi connectivity index (χ4v) is 5.21. The molecule has 0 bridgehead atoms. The van der Waals surface area contributed by atoms with Gasteiger partial charge in [0.05, 0.1) is 0 Å². The summed E-state index contributed by atoms with van der Waals surface area (Å²) in [5, 5.41) is 0. The molecule has 0 unspecified atom stereocenters.